The summed E-state index contributed by atoms with van der Waals surface area (Å²) in [5, 5.41) is 0. The second-order valence-corrected chi connectivity index (χ2v) is 1.47. The summed E-state index contributed by atoms with van der Waals surface area (Å²) < 4.78 is 0. The van der Waals surface area contributed by atoms with Crippen molar-refractivity contribution >= 4 is 15.5 Å². The van der Waals surface area contributed by atoms with Crippen LogP contribution in [0, 0.1) is 0 Å². The molecule has 0 radical (unpaired) electrons. The van der Waals surface area contributed by atoms with Gasteiger partial charge in [0.05, 0.1) is 5.78 Å². The maximum absolute atomic E-state index is 3.74. The zero-order valence-corrected chi connectivity index (χ0v) is 3.33. The smallest absolute Gasteiger partial charge is 0.0976 e. The van der Waals surface area contributed by atoms with Gasteiger partial charge in [0.2, 0.25) is 0 Å². The summed E-state index contributed by atoms with van der Waals surface area (Å²) in [6, 6.07) is 0. The Morgan fingerprint density at radius 2 is 2.25 bits per heavy atom. The topological polar surface area (TPSA) is 12.4 Å². The Morgan fingerprint density at radius 1 is 2.00 bits per heavy atom. The summed E-state index contributed by atoms with van der Waals surface area (Å²) in [7, 11) is 2.55. The molecule has 0 bridgehead atoms. The van der Waals surface area contributed by atoms with Crippen molar-refractivity contribution in [2.45, 2.75) is 5.78 Å². The average Bonchev–Trinajstić information content (AvgIpc) is 1.75. The molecule has 0 aromatic rings. The van der Waals surface area contributed by atoms with Gasteiger partial charge in [-0.3, -0.25) is 4.99 Å². The maximum atomic E-state index is 3.74. The highest BCUT2D eigenvalue weighted by Gasteiger charge is 2.00. The zero-order valence-electron chi connectivity index (χ0n) is 2.18. The molecule has 0 saturated carbocycles. The molecule has 0 N–H and O–H groups in total. The second-order valence-electron chi connectivity index (χ2n) is 0.789. The third-order valence-corrected chi connectivity index (χ3v) is 0.665. The fourth-order valence-electron chi connectivity index (χ4n) is 0.0497. The fraction of sp³-hybridized carbons (Fsp3) is 0.500. The van der Waals surface area contributed by atoms with Gasteiger partial charge in [-0.2, -0.15) is 0 Å². The molecule has 0 fully saturated rings. The molecule has 22 valence electrons. The number of hydrogen-bond donors (Lipinski definition) is 0. The molecule has 0 aliphatic carbocycles. The summed E-state index contributed by atoms with van der Waals surface area (Å²) in [5.74, 6) is 0.500. The molecule has 1 aliphatic rings. The van der Waals surface area contributed by atoms with E-state index in [0.29, 0.717) is 5.78 Å². The van der Waals surface area contributed by atoms with E-state index in [1.165, 1.54) is 0 Å². The molecule has 0 saturated heterocycles. The molecule has 4 heavy (non-hydrogen) atoms. The SMILES string of the molecule is PC1C=N1. The molecule has 0 amide bonds. The predicted octanol–water partition coefficient (Wildman–Crippen LogP) is 0.272. The normalized spacial score (nSPS) is 35.8. The first-order valence-electron chi connectivity index (χ1n) is 1.18. The Hall–Kier alpha value is 0.100. The van der Waals surface area contributed by atoms with E-state index in [2.05, 4.69) is 14.2 Å². The first-order valence-corrected chi connectivity index (χ1v) is 1.85. The Balaban J connectivity index is 2.32. The van der Waals surface area contributed by atoms with Crippen LogP contribution in [-0.2, 0) is 0 Å². The quantitative estimate of drug-likeness (QED) is 0.365. The van der Waals surface area contributed by atoms with Crippen LogP contribution in [0.15, 0.2) is 4.99 Å². The lowest BCUT2D eigenvalue weighted by Crippen LogP contribution is -1.55. The number of rotatable bonds is 0. The summed E-state index contributed by atoms with van der Waals surface area (Å²) in [5.41, 5.74) is 0. The van der Waals surface area contributed by atoms with Gasteiger partial charge in [-0.05, 0) is 0 Å². The highest BCUT2D eigenvalue weighted by Crippen LogP contribution is 2.07. The van der Waals surface area contributed by atoms with Gasteiger partial charge in [0, 0.05) is 6.21 Å². The van der Waals surface area contributed by atoms with Gasteiger partial charge >= 0.3 is 0 Å². The third kappa shape index (κ3) is 0.264. The highest BCUT2D eigenvalue weighted by atomic mass is 31.0. The Labute approximate surface area is 27.3 Å². The van der Waals surface area contributed by atoms with Gasteiger partial charge < -0.3 is 0 Å². The second kappa shape index (κ2) is 0.526. The van der Waals surface area contributed by atoms with Crippen molar-refractivity contribution in [3.8, 4) is 0 Å². The van der Waals surface area contributed by atoms with E-state index in [-0.39, 0.29) is 0 Å². The summed E-state index contributed by atoms with van der Waals surface area (Å²) in [4.78, 5) is 3.74. The van der Waals surface area contributed by atoms with Gasteiger partial charge in [0.1, 0.15) is 0 Å². The molecule has 2 atom stereocenters. The van der Waals surface area contributed by atoms with Crippen LogP contribution in [0.5, 0.6) is 0 Å². The van der Waals surface area contributed by atoms with Crippen LogP contribution < -0.4 is 0 Å². The van der Waals surface area contributed by atoms with E-state index in [1.54, 1.807) is 0 Å². The molecular weight excluding hydrogens is 69.0 g/mol. The summed E-state index contributed by atoms with van der Waals surface area (Å²) in [6.45, 7) is 0. The van der Waals surface area contributed by atoms with Crippen LogP contribution in [0.25, 0.3) is 0 Å². The average molecular weight is 73.0 g/mol. The van der Waals surface area contributed by atoms with E-state index in [0.717, 1.165) is 0 Å². The van der Waals surface area contributed by atoms with Crippen LogP contribution in [-0.4, -0.2) is 12.0 Å². The number of nitrogens with zero attached hydrogens (tertiary/aromatic N) is 1. The third-order valence-electron chi connectivity index (χ3n) is 0.321. The monoisotopic (exact) mass is 73.0 g/mol. The molecular formula is C2H4NP. The van der Waals surface area contributed by atoms with Crippen molar-refractivity contribution in [3.05, 3.63) is 0 Å². The lowest BCUT2D eigenvalue weighted by molar-refractivity contribution is 1.48. The molecule has 0 aromatic heterocycles. The minimum atomic E-state index is 0.500. The van der Waals surface area contributed by atoms with Crippen molar-refractivity contribution in [2.24, 2.45) is 4.99 Å². The molecule has 1 nitrogen and oxygen atoms in total. The standard InChI is InChI=1S/C2H4NP/c4-2-1-3-2/h1-2H,4H2. The molecule has 1 heterocycles. The first-order chi connectivity index (χ1) is 1.89. The lowest BCUT2D eigenvalue weighted by atomic mass is 11.0. The van der Waals surface area contributed by atoms with Crippen molar-refractivity contribution in [2.75, 3.05) is 0 Å². The fourth-order valence-corrected chi connectivity index (χ4v) is 0.149. The van der Waals surface area contributed by atoms with E-state index >= 15 is 0 Å². The van der Waals surface area contributed by atoms with Crippen LogP contribution in [0.3, 0.4) is 0 Å². The molecule has 1 rings (SSSR count). The molecule has 0 aromatic carbocycles. The number of hydrogen-bond acceptors (Lipinski definition) is 1. The first kappa shape index (κ1) is 2.34. The van der Waals surface area contributed by atoms with E-state index in [1.807, 2.05) is 6.21 Å². The summed E-state index contributed by atoms with van der Waals surface area (Å²) in [6.07, 6.45) is 1.88. The minimum absolute atomic E-state index is 0.500. The van der Waals surface area contributed by atoms with Crippen LogP contribution in [0.2, 0.25) is 0 Å². The Morgan fingerprint density at radius 3 is 2.25 bits per heavy atom. The van der Waals surface area contributed by atoms with Crippen LogP contribution >= 0.6 is 9.24 Å². The molecule has 2 heteroatoms. The van der Waals surface area contributed by atoms with Crippen molar-refractivity contribution in [3.63, 3.8) is 0 Å². The number of aliphatic imine (C=N–C) groups is 1. The predicted molar refractivity (Wildman–Crippen MR) is 22.0 cm³/mol. The maximum Gasteiger partial charge on any atom is 0.0976 e. The van der Waals surface area contributed by atoms with Crippen molar-refractivity contribution in [1.82, 2.24) is 0 Å². The molecule has 1 aliphatic heterocycles. The lowest BCUT2D eigenvalue weighted by Gasteiger charge is -1.55. The van der Waals surface area contributed by atoms with Crippen LogP contribution in [0.1, 0.15) is 0 Å². The van der Waals surface area contributed by atoms with Gasteiger partial charge in [0.25, 0.3) is 0 Å². The van der Waals surface area contributed by atoms with Crippen LogP contribution in [0.4, 0.5) is 0 Å². The van der Waals surface area contributed by atoms with E-state index in [4.69, 9.17) is 0 Å². The van der Waals surface area contributed by atoms with Gasteiger partial charge in [-0.15, -0.1) is 9.24 Å². The van der Waals surface area contributed by atoms with E-state index in [9.17, 15) is 0 Å². The van der Waals surface area contributed by atoms with E-state index < -0.39 is 0 Å². The summed E-state index contributed by atoms with van der Waals surface area (Å²) >= 11 is 0. The minimum Gasteiger partial charge on any atom is -0.282 e. The highest BCUT2D eigenvalue weighted by molar-refractivity contribution is 7.20. The van der Waals surface area contributed by atoms with Crippen molar-refractivity contribution in [1.29, 1.82) is 0 Å². The molecule has 2 unspecified atom stereocenters. The van der Waals surface area contributed by atoms with Gasteiger partial charge in [0.15, 0.2) is 0 Å². The largest absolute Gasteiger partial charge is 0.282 e. The zero-order chi connectivity index (χ0) is 2.99. The van der Waals surface area contributed by atoms with Gasteiger partial charge in [-0.25, -0.2) is 0 Å². The Kier molecular flexibility index (Phi) is 0.308. The Bertz CT molecular complexity index is 44.0. The van der Waals surface area contributed by atoms with Gasteiger partial charge in [-0.1, -0.05) is 0 Å². The van der Waals surface area contributed by atoms with Crippen molar-refractivity contribution < 1.29 is 0 Å². The molecule has 0 spiro atoms.